The van der Waals surface area contributed by atoms with E-state index in [1.165, 1.54) is 6.07 Å². The van der Waals surface area contributed by atoms with Crippen LogP contribution in [-0.2, 0) is 27.7 Å². The van der Waals surface area contributed by atoms with Crippen molar-refractivity contribution < 1.29 is 17.5 Å². The van der Waals surface area contributed by atoms with E-state index in [0.29, 0.717) is 24.2 Å². The van der Waals surface area contributed by atoms with Gasteiger partial charge in [-0.25, -0.2) is 0 Å². The summed E-state index contributed by atoms with van der Waals surface area (Å²) >= 11 is -0.884. The summed E-state index contributed by atoms with van der Waals surface area (Å²) in [6.45, 7) is 1.86. The monoisotopic (exact) mass is 276 g/mol. The maximum atomic E-state index is 11.2. The molecule has 0 saturated heterocycles. The van der Waals surface area contributed by atoms with E-state index >= 15 is 0 Å². The SMILES string of the molecule is Cc1ccc(S(=O)(=O)O)c(CCC[S+](C)[O-])c1. The third-order valence-electron chi connectivity index (χ3n) is 2.37. The maximum Gasteiger partial charge on any atom is 0.294 e. The fourth-order valence-electron chi connectivity index (χ4n) is 1.62. The summed E-state index contributed by atoms with van der Waals surface area (Å²) in [6.07, 6.45) is 2.74. The Balaban J connectivity index is 2.92. The summed E-state index contributed by atoms with van der Waals surface area (Å²) in [4.78, 5) is -0.0509. The second kappa shape index (κ2) is 5.86. The summed E-state index contributed by atoms with van der Waals surface area (Å²) in [5.41, 5.74) is 1.52. The van der Waals surface area contributed by atoms with Gasteiger partial charge < -0.3 is 4.55 Å². The van der Waals surface area contributed by atoms with Crippen LogP contribution in [-0.4, -0.2) is 29.5 Å². The highest BCUT2D eigenvalue weighted by Crippen LogP contribution is 2.19. The van der Waals surface area contributed by atoms with E-state index in [9.17, 15) is 13.0 Å². The van der Waals surface area contributed by atoms with Gasteiger partial charge in [0.1, 0.15) is 5.75 Å². The van der Waals surface area contributed by atoms with Crippen LogP contribution in [0.5, 0.6) is 0 Å². The van der Waals surface area contributed by atoms with Crippen molar-refractivity contribution >= 4 is 21.3 Å². The Labute approximate surface area is 105 Å². The lowest BCUT2D eigenvalue weighted by atomic mass is 10.1. The lowest BCUT2D eigenvalue weighted by Crippen LogP contribution is -2.07. The van der Waals surface area contributed by atoms with Gasteiger partial charge >= 0.3 is 0 Å². The normalized spacial score (nSPS) is 13.6. The molecule has 0 saturated carbocycles. The van der Waals surface area contributed by atoms with Crippen LogP contribution in [0.15, 0.2) is 23.1 Å². The van der Waals surface area contributed by atoms with Crippen LogP contribution in [0.3, 0.4) is 0 Å². The zero-order chi connectivity index (χ0) is 13.1. The molecule has 0 spiro atoms. The van der Waals surface area contributed by atoms with Crippen molar-refractivity contribution in [2.45, 2.75) is 24.7 Å². The molecule has 4 nitrogen and oxygen atoms in total. The average molecular weight is 276 g/mol. The van der Waals surface area contributed by atoms with E-state index in [1.807, 2.05) is 6.92 Å². The van der Waals surface area contributed by atoms with E-state index in [-0.39, 0.29) is 4.90 Å². The van der Waals surface area contributed by atoms with Crippen molar-refractivity contribution in [3.05, 3.63) is 29.3 Å². The molecule has 1 aromatic rings. The predicted molar refractivity (Wildman–Crippen MR) is 68.2 cm³/mol. The topological polar surface area (TPSA) is 77.4 Å². The molecule has 96 valence electrons. The molecular weight excluding hydrogens is 260 g/mol. The molecule has 0 heterocycles. The van der Waals surface area contributed by atoms with Crippen molar-refractivity contribution in [3.8, 4) is 0 Å². The Morgan fingerprint density at radius 1 is 1.41 bits per heavy atom. The first-order valence-corrected chi connectivity index (χ1v) is 8.34. The number of hydrogen-bond acceptors (Lipinski definition) is 3. The number of benzene rings is 1. The van der Waals surface area contributed by atoms with Gasteiger partial charge in [0, 0.05) is 0 Å². The quantitative estimate of drug-likeness (QED) is 0.654. The van der Waals surface area contributed by atoms with Crippen LogP contribution in [0.25, 0.3) is 0 Å². The van der Waals surface area contributed by atoms with Crippen molar-refractivity contribution in [2.75, 3.05) is 12.0 Å². The molecule has 0 aliphatic heterocycles. The largest absolute Gasteiger partial charge is 0.617 e. The van der Waals surface area contributed by atoms with Crippen LogP contribution in [0.2, 0.25) is 0 Å². The van der Waals surface area contributed by atoms with Gasteiger partial charge in [0.25, 0.3) is 10.1 Å². The van der Waals surface area contributed by atoms with E-state index < -0.39 is 21.3 Å². The van der Waals surface area contributed by atoms with E-state index in [1.54, 1.807) is 18.4 Å². The molecule has 17 heavy (non-hydrogen) atoms. The first-order valence-electron chi connectivity index (χ1n) is 5.18. The molecule has 0 aromatic heterocycles. The molecular formula is C11H16O4S2. The zero-order valence-corrected chi connectivity index (χ0v) is 11.5. The summed E-state index contributed by atoms with van der Waals surface area (Å²) in [5.74, 6) is 0.527. The van der Waals surface area contributed by atoms with Crippen molar-refractivity contribution in [1.29, 1.82) is 0 Å². The molecule has 0 fully saturated rings. The molecule has 0 aliphatic carbocycles. The van der Waals surface area contributed by atoms with Crippen LogP contribution >= 0.6 is 0 Å². The second-order valence-electron chi connectivity index (χ2n) is 3.97. The van der Waals surface area contributed by atoms with Crippen molar-refractivity contribution in [1.82, 2.24) is 0 Å². The van der Waals surface area contributed by atoms with Gasteiger partial charge in [0.15, 0.2) is 0 Å². The van der Waals surface area contributed by atoms with Crippen LogP contribution in [0, 0.1) is 6.92 Å². The Bertz CT molecular complexity index is 480. The molecule has 1 unspecified atom stereocenters. The molecule has 1 rings (SSSR count). The third-order valence-corrected chi connectivity index (χ3v) is 4.19. The fourth-order valence-corrected chi connectivity index (χ4v) is 2.90. The molecule has 0 radical (unpaired) electrons. The minimum Gasteiger partial charge on any atom is -0.617 e. The predicted octanol–water partition coefficient (Wildman–Crippen LogP) is 1.55. The fraction of sp³-hybridized carbons (Fsp3) is 0.455. The van der Waals surface area contributed by atoms with Gasteiger partial charge in [-0.15, -0.1) is 0 Å². The molecule has 0 amide bonds. The van der Waals surface area contributed by atoms with Gasteiger partial charge in [-0.1, -0.05) is 28.9 Å². The average Bonchev–Trinajstić information content (AvgIpc) is 2.15. The van der Waals surface area contributed by atoms with Crippen molar-refractivity contribution in [3.63, 3.8) is 0 Å². The highest BCUT2D eigenvalue weighted by atomic mass is 32.2. The van der Waals surface area contributed by atoms with E-state index in [4.69, 9.17) is 4.55 Å². The minimum absolute atomic E-state index is 0.0509. The Hall–Kier alpha value is -0.560. The van der Waals surface area contributed by atoms with Gasteiger partial charge in [0.05, 0.1) is 11.2 Å². The molecule has 0 aliphatic rings. The third kappa shape index (κ3) is 4.67. The molecule has 0 bridgehead atoms. The lowest BCUT2D eigenvalue weighted by molar-refractivity contribution is 0.482. The summed E-state index contributed by atoms with van der Waals surface area (Å²) in [7, 11) is -4.18. The molecule has 6 heteroatoms. The number of hydrogen-bond donors (Lipinski definition) is 1. The Kier molecular flexibility index (Phi) is 5.00. The van der Waals surface area contributed by atoms with Crippen LogP contribution < -0.4 is 0 Å². The summed E-state index contributed by atoms with van der Waals surface area (Å²) in [5, 5.41) is 0. The van der Waals surface area contributed by atoms with Crippen molar-refractivity contribution in [2.24, 2.45) is 0 Å². The molecule has 1 N–H and O–H groups in total. The summed E-state index contributed by atoms with van der Waals surface area (Å²) in [6, 6.07) is 4.79. The Morgan fingerprint density at radius 3 is 2.59 bits per heavy atom. The first-order chi connectivity index (χ1) is 7.80. The minimum atomic E-state index is -4.18. The standard InChI is InChI=1S/C11H16O4S2/c1-9-5-6-11(17(13,14)15)10(8-9)4-3-7-16(2)12/h5-6,8H,3-4,7H2,1-2H3,(H,13,14,15). The van der Waals surface area contributed by atoms with E-state index in [2.05, 4.69) is 0 Å². The first kappa shape index (κ1) is 14.5. The van der Waals surface area contributed by atoms with Crippen LogP contribution in [0.4, 0.5) is 0 Å². The second-order valence-corrected chi connectivity index (χ2v) is 6.91. The number of aryl methyl sites for hydroxylation is 2. The van der Waals surface area contributed by atoms with Gasteiger partial charge in [0.2, 0.25) is 0 Å². The van der Waals surface area contributed by atoms with Gasteiger partial charge in [-0.05, 0) is 31.4 Å². The van der Waals surface area contributed by atoms with Gasteiger partial charge in [-0.2, -0.15) is 8.42 Å². The lowest BCUT2D eigenvalue weighted by Gasteiger charge is -2.09. The Morgan fingerprint density at radius 2 is 2.06 bits per heavy atom. The smallest absolute Gasteiger partial charge is 0.294 e. The highest BCUT2D eigenvalue weighted by molar-refractivity contribution is 7.90. The molecule has 1 aromatic carbocycles. The summed E-state index contributed by atoms with van der Waals surface area (Å²) < 4.78 is 42.3. The maximum absolute atomic E-state index is 11.2. The number of rotatable bonds is 5. The van der Waals surface area contributed by atoms with Gasteiger partial charge in [-0.3, -0.25) is 4.55 Å². The molecule has 1 atom stereocenters. The van der Waals surface area contributed by atoms with E-state index in [0.717, 1.165) is 5.56 Å². The highest BCUT2D eigenvalue weighted by Gasteiger charge is 2.15. The zero-order valence-electron chi connectivity index (χ0n) is 9.84. The van der Waals surface area contributed by atoms with Crippen LogP contribution in [0.1, 0.15) is 17.5 Å².